The number of carbonyl (C=O) groups is 3. The van der Waals surface area contributed by atoms with Gasteiger partial charge in [-0.25, -0.2) is 18.5 Å². The summed E-state index contributed by atoms with van der Waals surface area (Å²) in [6, 6.07) is 12.4. The van der Waals surface area contributed by atoms with E-state index >= 15 is 0 Å². The standard InChI is InChI=1S/C27H19F3N4O7S3/c28-27(29,30)15-4-1-2-5-16(15)34-23(36)20-19(17-6-3-11-41-17)22-25(42-21(20)24(34)37)33(26(38)43-22)12-18(35)32-13-7-9-14(10-8-13)44(31,39)40/h1-11,19-21H,12H2,(H,32,35)(H2,31,39,40)/t19-,20?,21?/m1/s1. The second kappa shape index (κ2) is 10.8. The second-order valence-electron chi connectivity index (χ2n) is 9.83. The van der Waals surface area contributed by atoms with Gasteiger partial charge in [0.05, 0.1) is 44.1 Å². The van der Waals surface area contributed by atoms with E-state index in [9.17, 15) is 40.8 Å². The summed E-state index contributed by atoms with van der Waals surface area (Å²) in [6.45, 7) is -0.514. The molecule has 4 aromatic rings. The minimum atomic E-state index is -4.84. The van der Waals surface area contributed by atoms with Gasteiger partial charge in [0.1, 0.15) is 17.6 Å². The van der Waals surface area contributed by atoms with Crippen LogP contribution < -0.4 is 20.2 Å². The lowest BCUT2D eigenvalue weighted by atomic mass is 9.86. The molecule has 4 heterocycles. The van der Waals surface area contributed by atoms with Gasteiger partial charge in [-0.1, -0.05) is 35.2 Å². The summed E-state index contributed by atoms with van der Waals surface area (Å²) in [5, 5.41) is 6.62. The first-order valence-corrected chi connectivity index (χ1v) is 15.9. The van der Waals surface area contributed by atoms with Crippen molar-refractivity contribution in [3.8, 4) is 0 Å². The van der Waals surface area contributed by atoms with Crippen molar-refractivity contribution in [3.05, 3.63) is 92.8 Å². The van der Waals surface area contributed by atoms with E-state index in [2.05, 4.69) is 5.32 Å². The number of amides is 3. The summed E-state index contributed by atoms with van der Waals surface area (Å²) in [4.78, 5) is 53.7. The molecule has 17 heteroatoms. The molecule has 2 aliphatic heterocycles. The summed E-state index contributed by atoms with van der Waals surface area (Å²) in [7, 11) is -3.95. The number of alkyl halides is 3. The van der Waals surface area contributed by atoms with Crippen molar-refractivity contribution in [1.82, 2.24) is 4.57 Å². The number of thioether (sulfide) groups is 1. The van der Waals surface area contributed by atoms with E-state index in [1.54, 1.807) is 0 Å². The monoisotopic (exact) mass is 664 g/mol. The number of fused-ring (bicyclic) bond motifs is 2. The van der Waals surface area contributed by atoms with E-state index in [4.69, 9.17) is 9.56 Å². The van der Waals surface area contributed by atoms with Crippen LogP contribution in [0.4, 0.5) is 24.5 Å². The number of carbonyl (C=O) groups excluding carboxylic acids is 3. The van der Waals surface area contributed by atoms with Crippen molar-refractivity contribution >= 4 is 62.2 Å². The molecule has 228 valence electrons. The van der Waals surface area contributed by atoms with Crippen LogP contribution >= 0.6 is 23.1 Å². The molecule has 3 N–H and O–H groups in total. The molecule has 44 heavy (non-hydrogen) atoms. The highest BCUT2D eigenvalue weighted by Crippen LogP contribution is 2.54. The molecule has 0 aliphatic carbocycles. The molecule has 2 aromatic heterocycles. The summed E-state index contributed by atoms with van der Waals surface area (Å²) in [6.07, 6.45) is -3.51. The Bertz CT molecular complexity index is 1970. The lowest BCUT2D eigenvalue weighted by Crippen LogP contribution is -2.33. The van der Waals surface area contributed by atoms with E-state index in [0.717, 1.165) is 45.9 Å². The minimum absolute atomic E-state index is 0.170. The zero-order chi connectivity index (χ0) is 31.6. The van der Waals surface area contributed by atoms with E-state index in [-0.39, 0.29) is 21.4 Å². The quantitative estimate of drug-likeness (QED) is 0.296. The van der Waals surface area contributed by atoms with Crippen molar-refractivity contribution in [2.45, 2.75) is 33.8 Å². The fourth-order valence-corrected chi connectivity index (χ4v) is 8.52. The van der Waals surface area contributed by atoms with Gasteiger partial charge in [-0.15, -0.1) is 0 Å². The Hall–Kier alpha value is -4.19. The number of hydrogen-bond acceptors (Lipinski definition) is 9. The third-order valence-electron chi connectivity index (χ3n) is 7.12. The Morgan fingerprint density at radius 2 is 1.70 bits per heavy atom. The van der Waals surface area contributed by atoms with Crippen LogP contribution in [0.1, 0.15) is 22.1 Å². The summed E-state index contributed by atoms with van der Waals surface area (Å²) in [5.74, 6) is -4.38. The van der Waals surface area contributed by atoms with Crippen molar-refractivity contribution in [2.24, 2.45) is 11.1 Å². The van der Waals surface area contributed by atoms with Crippen LogP contribution in [0.25, 0.3) is 0 Å². The number of hydrogen-bond donors (Lipinski definition) is 2. The number of aromatic nitrogens is 1. The van der Waals surface area contributed by atoms with E-state index in [1.165, 1.54) is 48.7 Å². The fraction of sp³-hybridized carbons (Fsp3) is 0.185. The number of furan rings is 1. The molecule has 3 atom stereocenters. The van der Waals surface area contributed by atoms with Crippen molar-refractivity contribution in [3.63, 3.8) is 0 Å². The molecule has 0 radical (unpaired) electrons. The van der Waals surface area contributed by atoms with Crippen LogP contribution in [0.15, 0.2) is 86.1 Å². The zero-order valence-corrected chi connectivity index (χ0v) is 24.4. The predicted octanol–water partition coefficient (Wildman–Crippen LogP) is 3.60. The Labute approximate surface area is 254 Å². The van der Waals surface area contributed by atoms with Gasteiger partial charge in [-0.05, 0) is 48.5 Å². The zero-order valence-electron chi connectivity index (χ0n) is 22.0. The molecule has 0 spiro atoms. The molecule has 2 aromatic carbocycles. The number of halogens is 3. The van der Waals surface area contributed by atoms with Gasteiger partial charge in [-0.2, -0.15) is 13.2 Å². The van der Waals surface area contributed by atoms with Crippen LogP contribution in [0.5, 0.6) is 0 Å². The molecule has 0 bridgehead atoms. The molecule has 1 saturated heterocycles. The molecule has 3 amide bonds. The summed E-state index contributed by atoms with van der Waals surface area (Å²) >= 11 is 1.57. The van der Waals surface area contributed by atoms with Gasteiger partial charge in [-0.3, -0.25) is 23.7 Å². The van der Waals surface area contributed by atoms with E-state index in [0.29, 0.717) is 9.78 Å². The minimum Gasteiger partial charge on any atom is -0.469 e. The Balaban J connectivity index is 1.36. The highest BCUT2D eigenvalue weighted by molar-refractivity contribution is 8.00. The van der Waals surface area contributed by atoms with Gasteiger partial charge in [0, 0.05) is 5.69 Å². The normalized spacial score (nSPS) is 20.0. The van der Waals surface area contributed by atoms with Gasteiger partial charge in [0.25, 0.3) is 0 Å². The maximum absolute atomic E-state index is 13.9. The average molecular weight is 665 g/mol. The number of sulfonamides is 1. The smallest absolute Gasteiger partial charge is 0.418 e. The number of rotatable bonds is 6. The molecule has 0 saturated carbocycles. The lowest BCUT2D eigenvalue weighted by molar-refractivity contribution is -0.137. The maximum Gasteiger partial charge on any atom is 0.418 e. The van der Waals surface area contributed by atoms with Crippen molar-refractivity contribution < 1.29 is 40.4 Å². The van der Waals surface area contributed by atoms with E-state index < -0.39 is 73.7 Å². The van der Waals surface area contributed by atoms with Gasteiger partial charge < -0.3 is 9.73 Å². The lowest BCUT2D eigenvalue weighted by Gasteiger charge is -2.29. The number of nitrogens with two attached hydrogens (primary N) is 1. The topological polar surface area (TPSA) is 162 Å². The summed E-state index contributed by atoms with van der Waals surface area (Å²) < 4.78 is 71.3. The van der Waals surface area contributed by atoms with Crippen LogP contribution in [0.2, 0.25) is 0 Å². The fourth-order valence-electron chi connectivity index (χ4n) is 5.25. The number of para-hydroxylation sites is 1. The first kappa shape index (κ1) is 29.9. The molecule has 11 nitrogen and oxygen atoms in total. The number of thiazole rings is 1. The third kappa shape index (κ3) is 5.14. The third-order valence-corrected chi connectivity index (χ3v) is 10.7. The van der Waals surface area contributed by atoms with Crippen molar-refractivity contribution in [2.75, 3.05) is 10.2 Å². The SMILES string of the molecule is NS(=O)(=O)c1ccc(NC(=O)Cn2c3c(sc2=O)[C@H](c2ccco2)C2C(=O)N(c4ccccc4C(F)(F)F)C(=O)C2S3)cc1. The Morgan fingerprint density at radius 1 is 1.00 bits per heavy atom. The molecular weight excluding hydrogens is 646 g/mol. The number of nitrogens with one attached hydrogen (secondary N) is 1. The molecular formula is C27H19F3N4O7S3. The van der Waals surface area contributed by atoms with Crippen LogP contribution in [-0.2, 0) is 37.1 Å². The Kier molecular flexibility index (Phi) is 7.30. The molecule has 1 fully saturated rings. The van der Waals surface area contributed by atoms with Gasteiger partial charge in [0.2, 0.25) is 27.7 Å². The first-order chi connectivity index (χ1) is 20.8. The molecule has 2 unspecified atom stereocenters. The summed E-state index contributed by atoms with van der Waals surface area (Å²) in [5.41, 5.74) is -1.53. The average Bonchev–Trinajstić information content (AvgIpc) is 3.65. The predicted molar refractivity (Wildman–Crippen MR) is 153 cm³/mol. The molecule has 2 aliphatic rings. The number of primary sulfonamides is 1. The first-order valence-electron chi connectivity index (χ1n) is 12.7. The number of imide groups is 1. The number of benzene rings is 2. The number of nitrogens with zero attached hydrogens (tertiary/aromatic N) is 2. The number of anilines is 2. The largest absolute Gasteiger partial charge is 0.469 e. The Morgan fingerprint density at radius 3 is 2.34 bits per heavy atom. The van der Waals surface area contributed by atoms with Crippen LogP contribution in [0, 0.1) is 5.92 Å². The van der Waals surface area contributed by atoms with Crippen molar-refractivity contribution in [1.29, 1.82) is 0 Å². The second-order valence-corrected chi connectivity index (χ2v) is 13.5. The van der Waals surface area contributed by atoms with Crippen LogP contribution in [0.3, 0.4) is 0 Å². The maximum atomic E-state index is 13.9. The van der Waals surface area contributed by atoms with E-state index in [1.807, 2.05) is 0 Å². The van der Waals surface area contributed by atoms with Gasteiger partial charge >= 0.3 is 11.0 Å². The molecule has 6 rings (SSSR count). The van der Waals surface area contributed by atoms with Gasteiger partial charge in [0.15, 0.2) is 0 Å². The van der Waals surface area contributed by atoms with Crippen LogP contribution in [-0.4, -0.2) is 36.0 Å². The highest BCUT2D eigenvalue weighted by Gasteiger charge is 2.58. The highest BCUT2D eigenvalue weighted by atomic mass is 32.2.